The average Bonchev–Trinajstić information content (AvgIpc) is 2.99. The first-order valence-corrected chi connectivity index (χ1v) is 12.0. The fourth-order valence-electron chi connectivity index (χ4n) is 4.06. The SMILES string of the molecule is CC1(C)C(=O)N(CC(=O)NCc2ccccc2)c2ccc(S(=O)(=O)N3CCOCC3)cc21. The second kappa shape index (κ2) is 8.65. The minimum absolute atomic E-state index is 0.127. The third-order valence-corrected chi connectivity index (χ3v) is 7.85. The Kier molecular flexibility index (Phi) is 6.07. The summed E-state index contributed by atoms with van der Waals surface area (Å²) in [4.78, 5) is 27.3. The molecule has 8 nitrogen and oxygen atoms in total. The monoisotopic (exact) mass is 457 g/mol. The standard InChI is InChI=1S/C23H27N3O5S/c1-23(2)19-14-18(32(29,30)25-10-12-31-13-11-25)8-9-20(19)26(22(23)28)16-21(27)24-15-17-6-4-3-5-7-17/h3-9,14H,10-13,15-16H2,1-2H3,(H,24,27). The molecule has 1 saturated heterocycles. The van der Waals surface area contributed by atoms with Crippen LogP contribution in [0.4, 0.5) is 5.69 Å². The molecule has 2 aromatic carbocycles. The number of amides is 2. The molecule has 32 heavy (non-hydrogen) atoms. The molecule has 2 amide bonds. The van der Waals surface area contributed by atoms with Gasteiger partial charge in [0.1, 0.15) is 6.54 Å². The van der Waals surface area contributed by atoms with Crippen molar-refractivity contribution in [2.24, 2.45) is 0 Å². The van der Waals surface area contributed by atoms with Crippen LogP contribution in [0, 0.1) is 0 Å². The molecule has 0 aromatic heterocycles. The topological polar surface area (TPSA) is 96.0 Å². The van der Waals surface area contributed by atoms with Gasteiger partial charge in [0.2, 0.25) is 21.8 Å². The van der Waals surface area contributed by atoms with Crippen LogP contribution in [0.15, 0.2) is 53.4 Å². The molecule has 0 spiro atoms. The second-order valence-corrected chi connectivity index (χ2v) is 10.4. The van der Waals surface area contributed by atoms with E-state index in [2.05, 4.69) is 5.32 Å². The summed E-state index contributed by atoms with van der Waals surface area (Å²) in [7, 11) is -3.69. The summed E-state index contributed by atoms with van der Waals surface area (Å²) in [5.74, 6) is -0.515. The predicted molar refractivity (Wildman–Crippen MR) is 120 cm³/mol. The molecule has 2 aliphatic heterocycles. The number of carbonyl (C=O) groups is 2. The lowest BCUT2D eigenvalue weighted by Crippen LogP contribution is -2.42. The number of nitrogens with one attached hydrogen (secondary N) is 1. The largest absolute Gasteiger partial charge is 0.379 e. The smallest absolute Gasteiger partial charge is 0.243 e. The molecule has 0 bridgehead atoms. The van der Waals surface area contributed by atoms with E-state index in [-0.39, 0.29) is 23.3 Å². The van der Waals surface area contributed by atoms with Crippen LogP contribution in [0.2, 0.25) is 0 Å². The van der Waals surface area contributed by atoms with Gasteiger partial charge in [-0.05, 0) is 43.2 Å². The molecule has 4 rings (SSSR count). The molecule has 0 radical (unpaired) electrons. The third-order valence-electron chi connectivity index (χ3n) is 5.95. The van der Waals surface area contributed by atoms with Gasteiger partial charge in [-0.1, -0.05) is 30.3 Å². The maximum Gasteiger partial charge on any atom is 0.243 e. The Labute approximate surface area is 188 Å². The number of fused-ring (bicyclic) bond motifs is 1. The highest BCUT2D eigenvalue weighted by molar-refractivity contribution is 7.89. The number of anilines is 1. The summed E-state index contributed by atoms with van der Waals surface area (Å²) in [5, 5.41) is 2.84. The number of carbonyl (C=O) groups excluding carboxylic acids is 2. The van der Waals surface area contributed by atoms with Gasteiger partial charge >= 0.3 is 0 Å². The quantitative estimate of drug-likeness (QED) is 0.712. The summed E-state index contributed by atoms with van der Waals surface area (Å²) >= 11 is 0. The molecule has 9 heteroatoms. The number of nitrogens with zero attached hydrogens (tertiary/aromatic N) is 2. The van der Waals surface area contributed by atoms with Gasteiger partial charge < -0.3 is 15.0 Å². The van der Waals surface area contributed by atoms with Crippen molar-refractivity contribution in [3.8, 4) is 0 Å². The maximum absolute atomic E-state index is 13.1. The Morgan fingerprint density at radius 2 is 1.78 bits per heavy atom. The molecule has 0 atom stereocenters. The van der Waals surface area contributed by atoms with E-state index in [1.165, 1.54) is 15.3 Å². The zero-order valence-corrected chi connectivity index (χ0v) is 19.0. The van der Waals surface area contributed by atoms with Crippen LogP contribution < -0.4 is 10.2 Å². The Balaban J connectivity index is 1.55. The molecule has 0 saturated carbocycles. The fourth-order valence-corrected chi connectivity index (χ4v) is 5.50. The van der Waals surface area contributed by atoms with E-state index in [1.54, 1.807) is 26.0 Å². The molecule has 1 fully saturated rings. The number of morpholine rings is 1. The first-order valence-electron chi connectivity index (χ1n) is 10.6. The molecular weight excluding hydrogens is 430 g/mol. The summed E-state index contributed by atoms with van der Waals surface area (Å²) in [6.45, 7) is 5.07. The predicted octanol–water partition coefficient (Wildman–Crippen LogP) is 1.65. The van der Waals surface area contributed by atoms with Gasteiger partial charge in [-0.25, -0.2) is 8.42 Å². The molecule has 0 unspecified atom stereocenters. The molecule has 2 aromatic rings. The minimum atomic E-state index is -3.69. The Bertz CT molecular complexity index is 1130. The third kappa shape index (κ3) is 4.15. The van der Waals surface area contributed by atoms with Gasteiger partial charge in [0.05, 0.1) is 23.5 Å². The normalized spacial score (nSPS) is 18.4. The summed E-state index contributed by atoms with van der Waals surface area (Å²) in [6, 6.07) is 14.2. The number of rotatable bonds is 6. The van der Waals surface area contributed by atoms with Crippen LogP contribution in [0.25, 0.3) is 0 Å². The Hall–Kier alpha value is -2.75. The Morgan fingerprint density at radius 1 is 1.09 bits per heavy atom. The fraction of sp³-hybridized carbons (Fsp3) is 0.391. The molecule has 0 aliphatic carbocycles. The highest BCUT2D eigenvalue weighted by atomic mass is 32.2. The summed E-state index contributed by atoms with van der Waals surface area (Å²) in [6.07, 6.45) is 0. The number of ether oxygens (including phenoxy) is 1. The van der Waals surface area contributed by atoms with E-state index >= 15 is 0 Å². The van der Waals surface area contributed by atoms with E-state index < -0.39 is 15.4 Å². The van der Waals surface area contributed by atoms with E-state index in [1.807, 2.05) is 30.3 Å². The van der Waals surface area contributed by atoms with Crippen molar-refractivity contribution in [2.45, 2.75) is 30.7 Å². The molecular formula is C23H27N3O5S. The van der Waals surface area contributed by atoms with Gasteiger partial charge in [0.15, 0.2) is 0 Å². The van der Waals surface area contributed by atoms with E-state index in [9.17, 15) is 18.0 Å². The maximum atomic E-state index is 13.1. The van der Waals surface area contributed by atoms with Gasteiger partial charge in [-0.3, -0.25) is 9.59 Å². The van der Waals surface area contributed by atoms with Gasteiger partial charge in [0, 0.05) is 25.3 Å². The second-order valence-electron chi connectivity index (χ2n) is 8.47. The van der Waals surface area contributed by atoms with E-state index in [4.69, 9.17) is 4.74 Å². The highest BCUT2D eigenvalue weighted by Gasteiger charge is 2.45. The van der Waals surface area contributed by atoms with E-state index in [0.717, 1.165) is 5.56 Å². The highest BCUT2D eigenvalue weighted by Crippen LogP contribution is 2.42. The number of benzene rings is 2. The van der Waals surface area contributed by atoms with E-state index in [0.29, 0.717) is 44.1 Å². The number of sulfonamides is 1. The number of hydrogen-bond acceptors (Lipinski definition) is 5. The van der Waals surface area contributed by atoms with Gasteiger partial charge in [0.25, 0.3) is 0 Å². The van der Waals surface area contributed by atoms with Crippen molar-refractivity contribution in [3.63, 3.8) is 0 Å². The van der Waals surface area contributed by atoms with Crippen LogP contribution >= 0.6 is 0 Å². The zero-order valence-electron chi connectivity index (χ0n) is 18.2. The van der Waals surface area contributed by atoms with Crippen molar-refractivity contribution >= 4 is 27.5 Å². The van der Waals surface area contributed by atoms with Crippen molar-refractivity contribution in [3.05, 3.63) is 59.7 Å². The van der Waals surface area contributed by atoms with Crippen molar-refractivity contribution in [2.75, 3.05) is 37.7 Å². The van der Waals surface area contributed by atoms with Crippen LogP contribution in [-0.4, -0.2) is 57.4 Å². The first-order chi connectivity index (χ1) is 15.2. The van der Waals surface area contributed by atoms with Crippen LogP contribution in [-0.2, 0) is 36.3 Å². The van der Waals surface area contributed by atoms with Crippen LogP contribution in [0.5, 0.6) is 0 Å². The molecule has 2 heterocycles. The lowest BCUT2D eigenvalue weighted by molar-refractivity contribution is -0.125. The molecule has 1 N–H and O–H groups in total. The number of hydrogen-bond donors (Lipinski definition) is 1. The van der Waals surface area contributed by atoms with Crippen LogP contribution in [0.1, 0.15) is 25.0 Å². The lowest BCUT2D eigenvalue weighted by atomic mass is 9.86. The van der Waals surface area contributed by atoms with Gasteiger partial charge in [-0.2, -0.15) is 4.31 Å². The molecule has 2 aliphatic rings. The lowest BCUT2D eigenvalue weighted by Gasteiger charge is -2.26. The summed E-state index contributed by atoms with van der Waals surface area (Å²) < 4.78 is 32.8. The van der Waals surface area contributed by atoms with Crippen LogP contribution in [0.3, 0.4) is 0 Å². The zero-order chi connectivity index (χ0) is 22.9. The van der Waals surface area contributed by atoms with Crippen molar-refractivity contribution < 1.29 is 22.7 Å². The average molecular weight is 458 g/mol. The Morgan fingerprint density at radius 3 is 2.47 bits per heavy atom. The molecule has 170 valence electrons. The van der Waals surface area contributed by atoms with Crippen molar-refractivity contribution in [1.82, 2.24) is 9.62 Å². The van der Waals surface area contributed by atoms with Gasteiger partial charge in [-0.15, -0.1) is 0 Å². The minimum Gasteiger partial charge on any atom is -0.379 e. The summed E-state index contributed by atoms with van der Waals surface area (Å²) in [5.41, 5.74) is 1.20. The van der Waals surface area contributed by atoms with Crippen molar-refractivity contribution in [1.29, 1.82) is 0 Å². The first kappa shape index (κ1) is 22.4.